The van der Waals surface area contributed by atoms with Gasteiger partial charge in [0, 0.05) is 18.6 Å². The van der Waals surface area contributed by atoms with E-state index in [2.05, 4.69) is 43.2 Å². The normalized spacial score (nSPS) is 23.3. The maximum Gasteiger partial charge on any atom is 0.0620 e. The molecule has 102 valence electrons. The number of nitrogens with one attached hydrogen (secondary N) is 1. The Morgan fingerprint density at radius 2 is 2.06 bits per heavy atom. The van der Waals surface area contributed by atoms with Crippen LogP contribution in [0, 0.1) is 0 Å². The Kier molecular flexibility index (Phi) is 7.04. The molecule has 1 N–H and O–H groups in total. The molecule has 0 saturated carbocycles. The SMILES string of the molecule is CC(CC1COCCN1)N(C)CCCN(C)C. The molecule has 4 heteroatoms. The molecule has 0 spiro atoms. The van der Waals surface area contributed by atoms with Crippen molar-refractivity contribution in [3.05, 3.63) is 0 Å². The van der Waals surface area contributed by atoms with Crippen LogP contribution < -0.4 is 5.32 Å². The van der Waals surface area contributed by atoms with E-state index in [0.717, 1.165) is 19.8 Å². The van der Waals surface area contributed by atoms with Crippen molar-refractivity contribution in [2.45, 2.75) is 31.8 Å². The number of hydrogen-bond donors (Lipinski definition) is 1. The fourth-order valence-corrected chi connectivity index (χ4v) is 2.22. The molecule has 1 fully saturated rings. The Balaban J connectivity index is 2.14. The van der Waals surface area contributed by atoms with E-state index in [1.54, 1.807) is 0 Å². The van der Waals surface area contributed by atoms with E-state index in [0.29, 0.717) is 12.1 Å². The molecule has 1 heterocycles. The molecule has 0 bridgehead atoms. The number of ether oxygens (including phenoxy) is 1. The molecule has 0 radical (unpaired) electrons. The van der Waals surface area contributed by atoms with Gasteiger partial charge in [0.2, 0.25) is 0 Å². The Morgan fingerprint density at radius 3 is 2.65 bits per heavy atom. The molecule has 2 unspecified atom stereocenters. The van der Waals surface area contributed by atoms with Gasteiger partial charge in [-0.15, -0.1) is 0 Å². The summed E-state index contributed by atoms with van der Waals surface area (Å²) < 4.78 is 5.49. The lowest BCUT2D eigenvalue weighted by Gasteiger charge is -2.31. The predicted octanol–water partition coefficient (Wildman–Crippen LogP) is 0.637. The summed E-state index contributed by atoms with van der Waals surface area (Å²) >= 11 is 0. The first-order valence-corrected chi connectivity index (χ1v) is 6.75. The van der Waals surface area contributed by atoms with Crippen LogP contribution in [0.2, 0.25) is 0 Å². The van der Waals surface area contributed by atoms with Crippen molar-refractivity contribution in [2.75, 3.05) is 54.0 Å². The standard InChI is InChI=1S/C13H29N3O/c1-12(10-13-11-17-9-6-14-13)16(4)8-5-7-15(2)3/h12-14H,5-11H2,1-4H3. The first-order chi connectivity index (χ1) is 8.09. The Hall–Kier alpha value is -0.160. The van der Waals surface area contributed by atoms with Crippen LogP contribution in [-0.2, 0) is 4.74 Å². The van der Waals surface area contributed by atoms with Crippen molar-refractivity contribution in [3.8, 4) is 0 Å². The highest BCUT2D eigenvalue weighted by Gasteiger charge is 2.18. The topological polar surface area (TPSA) is 27.7 Å². The van der Waals surface area contributed by atoms with Crippen LogP contribution in [0.5, 0.6) is 0 Å². The van der Waals surface area contributed by atoms with Gasteiger partial charge >= 0.3 is 0 Å². The quantitative estimate of drug-likeness (QED) is 0.710. The Labute approximate surface area is 106 Å². The van der Waals surface area contributed by atoms with Crippen LogP contribution in [0.25, 0.3) is 0 Å². The molecular formula is C13H29N3O. The van der Waals surface area contributed by atoms with Gasteiger partial charge in [-0.05, 0) is 54.0 Å². The summed E-state index contributed by atoms with van der Waals surface area (Å²) in [5.74, 6) is 0. The van der Waals surface area contributed by atoms with Crippen LogP contribution >= 0.6 is 0 Å². The molecule has 1 rings (SSSR count). The van der Waals surface area contributed by atoms with Crippen molar-refractivity contribution < 1.29 is 4.74 Å². The van der Waals surface area contributed by atoms with Crippen molar-refractivity contribution in [1.82, 2.24) is 15.1 Å². The second kappa shape index (κ2) is 8.03. The fraction of sp³-hybridized carbons (Fsp3) is 1.00. The van der Waals surface area contributed by atoms with Crippen LogP contribution in [0.1, 0.15) is 19.8 Å². The monoisotopic (exact) mass is 243 g/mol. The zero-order valence-electron chi connectivity index (χ0n) is 11.9. The van der Waals surface area contributed by atoms with Gasteiger partial charge < -0.3 is 19.9 Å². The highest BCUT2D eigenvalue weighted by atomic mass is 16.5. The van der Waals surface area contributed by atoms with Crippen LogP contribution in [-0.4, -0.2) is 75.9 Å². The molecule has 0 amide bonds. The number of hydrogen-bond acceptors (Lipinski definition) is 4. The van der Waals surface area contributed by atoms with Gasteiger partial charge in [-0.25, -0.2) is 0 Å². The predicted molar refractivity (Wildman–Crippen MR) is 72.5 cm³/mol. The van der Waals surface area contributed by atoms with Gasteiger partial charge in [0.1, 0.15) is 0 Å². The third-order valence-electron chi connectivity index (χ3n) is 3.49. The van der Waals surface area contributed by atoms with E-state index < -0.39 is 0 Å². The lowest BCUT2D eigenvalue weighted by molar-refractivity contribution is 0.0642. The zero-order valence-corrected chi connectivity index (χ0v) is 11.9. The van der Waals surface area contributed by atoms with E-state index in [9.17, 15) is 0 Å². The average Bonchev–Trinajstić information content (AvgIpc) is 2.29. The molecule has 1 aliphatic rings. The van der Waals surface area contributed by atoms with Gasteiger partial charge in [0.25, 0.3) is 0 Å². The lowest BCUT2D eigenvalue weighted by atomic mass is 10.1. The van der Waals surface area contributed by atoms with Crippen molar-refractivity contribution in [3.63, 3.8) is 0 Å². The minimum Gasteiger partial charge on any atom is -0.379 e. The maximum atomic E-state index is 5.49. The number of morpholine rings is 1. The van der Waals surface area contributed by atoms with E-state index in [1.807, 2.05) is 0 Å². The minimum atomic E-state index is 0.537. The summed E-state index contributed by atoms with van der Waals surface area (Å²) in [5.41, 5.74) is 0. The molecule has 4 nitrogen and oxygen atoms in total. The smallest absolute Gasteiger partial charge is 0.0620 e. The van der Waals surface area contributed by atoms with Gasteiger partial charge in [-0.2, -0.15) is 0 Å². The van der Waals surface area contributed by atoms with Crippen molar-refractivity contribution in [1.29, 1.82) is 0 Å². The second-order valence-corrected chi connectivity index (χ2v) is 5.45. The number of nitrogens with zero attached hydrogens (tertiary/aromatic N) is 2. The van der Waals surface area contributed by atoms with Gasteiger partial charge in [-0.3, -0.25) is 0 Å². The van der Waals surface area contributed by atoms with Crippen LogP contribution in [0.3, 0.4) is 0 Å². The summed E-state index contributed by atoms with van der Waals surface area (Å²) in [4.78, 5) is 4.70. The highest BCUT2D eigenvalue weighted by molar-refractivity contribution is 4.76. The fourth-order valence-electron chi connectivity index (χ4n) is 2.22. The first-order valence-electron chi connectivity index (χ1n) is 6.75. The van der Waals surface area contributed by atoms with E-state index in [1.165, 1.54) is 25.9 Å². The molecule has 17 heavy (non-hydrogen) atoms. The highest BCUT2D eigenvalue weighted by Crippen LogP contribution is 2.08. The van der Waals surface area contributed by atoms with E-state index in [4.69, 9.17) is 4.74 Å². The average molecular weight is 243 g/mol. The summed E-state index contributed by atoms with van der Waals surface area (Å²) in [5, 5.41) is 3.52. The first kappa shape index (κ1) is 14.9. The van der Waals surface area contributed by atoms with Crippen molar-refractivity contribution in [2.24, 2.45) is 0 Å². The molecule has 0 aromatic heterocycles. The zero-order chi connectivity index (χ0) is 12.7. The largest absolute Gasteiger partial charge is 0.379 e. The van der Waals surface area contributed by atoms with E-state index >= 15 is 0 Å². The molecule has 0 aromatic rings. The summed E-state index contributed by atoms with van der Waals surface area (Å²) in [7, 11) is 6.49. The molecule has 1 saturated heterocycles. The molecule has 2 atom stereocenters. The van der Waals surface area contributed by atoms with E-state index in [-0.39, 0.29) is 0 Å². The lowest BCUT2D eigenvalue weighted by Crippen LogP contribution is -2.45. The molecule has 0 aromatic carbocycles. The third kappa shape index (κ3) is 6.36. The molecule has 0 aliphatic carbocycles. The van der Waals surface area contributed by atoms with Gasteiger partial charge in [0.15, 0.2) is 0 Å². The third-order valence-corrected chi connectivity index (χ3v) is 3.49. The Bertz CT molecular complexity index is 193. The summed E-state index contributed by atoms with van der Waals surface area (Å²) in [6.45, 7) is 7.39. The minimum absolute atomic E-state index is 0.537. The summed E-state index contributed by atoms with van der Waals surface area (Å²) in [6.07, 6.45) is 2.42. The van der Waals surface area contributed by atoms with Crippen molar-refractivity contribution >= 4 is 0 Å². The second-order valence-electron chi connectivity index (χ2n) is 5.45. The number of rotatable bonds is 7. The van der Waals surface area contributed by atoms with Crippen LogP contribution in [0.15, 0.2) is 0 Å². The van der Waals surface area contributed by atoms with Crippen LogP contribution in [0.4, 0.5) is 0 Å². The Morgan fingerprint density at radius 1 is 1.29 bits per heavy atom. The maximum absolute atomic E-state index is 5.49. The molecular weight excluding hydrogens is 214 g/mol. The summed E-state index contributed by atoms with van der Waals surface area (Å²) in [6, 6.07) is 1.16. The molecule has 1 aliphatic heterocycles. The van der Waals surface area contributed by atoms with Gasteiger partial charge in [-0.1, -0.05) is 0 Å². The van der Waals surface area contributed by atoms with Gasteiger partial charge in [0.05, 0.1) is 13.2 Å².